The third-order valence-electron chi connectivity index (χ3n) is 1.44. The Balaban J connectivity index is 2.05. The van der Waals surface area contributed by atoms with Crippen molar-refractivity contribution < 1.29 is 14.9 Å². The largest absolute Gasteiger partial charge is 0.394 e. The summed E-state index contributed by atoms with van der Waals surface area (Å²) in [7, 11) is 0. The van der Waals surface area contributed by atoms with Crippen LogP contribution in [0.5, 0.6) is 0 Å². The molecule has 3 unspecified atom stereocenters. The van der Waals surface area contributed by atoms with Crippen molar-refractivity contribution >= 4 is 0 Å². The molecule has 0 spiro atoms. The van der Waals surface area contributed by atoms with Gasteiger partial charge >= 0.3 is 0 Å². The predicted molar refractivity (Wildman–Crippen MR) is 32.0 cm³/mol. The van der Waals surface area contributed by atoms with Crippen LogP contribution in [-0.2, 0) is 4.74 Å². The van der Waals surface area contributed by atoms with E-state index in [1.54, 1.807) is 6.92 Å². The summed E-state index contributed by atoms with van der Waals surface area (Å²) in [5.41, 5.74) is 0. The van der Waals surface area contributed by atoms with Gasteiger partial charge in [-0.1, -0.05) is 0 Å². The zero-order valence-electron chi connectivity index (χ0n) is 5.45. The summed E-state index contributed by atoms with van der Waals surface area (Å²) in [6.45, 7) is 1.80. The van der Waals surface area contributed by atoms with E-state index in [0.29, 0.717) is 6.42 Å². The maximum absolute atomic E-state index is 8.81. The zero-order chi connectivity index (χ0) is 6.85. The normalized spacial score (nSPS) is 36.3. The average Bonchev–Trinajstić information content (AvgIpc) is 2.45. The number of hydrogen-bond acceptors (Lipinski definition) is 3. The van der Waals surface area contributed by atoms with Crippen LogP contribution in [-0.4, -0.2) is 35.1 Å². The van der Waals surface area contributed by atoms with Gasteiger partial charge in [-0.3, -0.25) is 0 Å². The van der Waals surface area contributed by atoms with E-state index in [1.165, 1.54) is 0 Å². The summed E-state index contributed by atoms with van der Waals surface area (Å²) >= 11 is 0. The number of aliphatic hydroxyl groups excluding tert-OH is 2. The van der Waals surface area contributed by atoms with Crippen LogP contribution < -0.4 is 0 Å². The zero-order valence-corrected chi connectivity index (χ0v) is 5.45. The Bertz CT molecular complexity index is 92.3. The van der Waals surface area contributed by atoms with Crippen molar-refractivity contribution in [3.63, 3.8) is 0 Å². The summed E-state index contributed by atoms with van der Waals surface area (Å²) < 4.78 is 4.97. The molecule has 0 amide bonds. The minimum atomic E-state index is -0.313. The lowest BCUT2D eigenvalue weighted by Crippen LogP contribution is -2.07. The topological polar surface area (TPSA) is 53.0 Å². The van der Waals surface area contributed by atoms with Crippen LogP contribution >= 0.6 is 0 Å². The van der Waals surface area contributed by atoms with Crippen LogP contribution in [0.4, 0.5) is 0 Å². The van der Waals surface area contributed by atoms with E-state index in [1.807, 2.05) is 0 Å². The van der Waals surface area contributed by atoms with Gasteiger partial charge in [-0.25, -0.2) is 0 Å². The van der Waals surface area contributed by atoms with Gasteiger partial charge in [0.25, 0.3) is 0 Å². The van der Waals surface area contributed by atoms with Crippen molar-refractivity contribution in [2.75, 3.05) is 6.61 Å². The van der Waals surface area contributed by atoms with Crippen LogP contribution in [0.15, 0.2) is 0 Å². The number of ether oxygens (including phenoxy) is 1. The molecule has 1 aliphatic rings. The highest BCUT2D eigenvalue weighted by atomic mass is 16.6. The Labute approximate surface area is 54.3 Å². The fourth-order valence-electron chi connectivity index (χ4n) is 0.883. The third kappa shape index (κ3) is 1.93. The second-order valence-corrected chi connectivity index (χ2v) is 2.48. The smallest absolute Gasteiger partial charge is 0.107 e. The van der Waals surface area contributed by atoms with Gasteiger partial charge < -0.3 is 14.9 Å². The van der Waals surface area contributed by atoms with Gasteiger partial charge in [-0.2, -0.15) is 0 Å². The Morgan fingerprint density at radius 3 is 2.56 bits per heavy atom. The molecule has 0 aromatic rings. The van der Waals surface area contributed by atoms with E-state index in [4.69, 9.17) is 14.9 Å². The number of epoxide rings is 1. The van der Waals surface area contributed by atoms with Gasteiger partial charge in [0, 0.05) is 6.42 Å². The molecule has 3 heteroatoms. The van der Waals surface area contributed by atoms with E-state index in [0.717, 1.165) is 0 Å². The van der Waals surface area contributed by atoms with E-state index in [-0.39, 0.29) is 24.9 Å². The van der Waals surface area contributed by atoms with Crippen molar-refractivity contribution in [1.29, 1.82) is 0 Å². The first-order valence-corrected chi connectivity index (χ1v) is 3.18. The van der Waals surface area contributed by atoms with Gasteiger partial charge in [0.2, 0.25) is 0 Å². The highest BCUT2D eigenvalue weighted by Gasteiger charge is 2.38. The molecule has 1 rings (SSSR count). The van der Waals surface area contributed by atoms with Crippen LogP contribution in [0.3, 0.4) is 0 Å². The lowest BCUT2D eigenvalue weighted by Gasteiger charge is -1.96. The Kier molecular flexibility index (Phi) is 2.05. The fraction of sp³-hybridized carbons (Fsp3) is 1.00. The first-order valence-electron chi connectivity index (χ1n) is 3.18. The molecule has 9 heavy (non-hydrogen) atoms. The molecule has 0 bridgehead atoms. The first-order chi connectivity index (χ1) is 4.24. The lowest BCUT2D eigenvalue weighted by molar-refractivity contribution is 0.170. The van der Waals surface area contributed by atoms with Crippen molar-refractivity contribution in [3.05, 3.63) is 0 Å². The molecule has 1 aliphatic heterocycles. The molecule has 3 atom stereocenters. The van der Waals surface area contributed by atoms with Crippen LogP contribution in [0.25, 0.3) is 0 Å². The predicted octanol–water partition coefficient (Wildman–Crippen LogP) is -0.483. The third-order valence-corrected chi connectivity index (χ3v) is 1.44. The monoisotopic (exact) mass is 132 g/mol. The lowest BCUT2D eigenvalue weighted by atomic mass is 10.2. The van der Waals surface area contributed by atoms with Gasteiger partial charge in [-0.05, 0) is 6.92 Å². The molecular formula is C6H12O3. The van der Waals surface area contributed by atoms with Crippen molar-refractivity contribution in [2.24, 2.45) is 0 Å². The number of hydrogen-bond donors (Lipinski definition) is 2. The van der Waals surface area contributed by atoms with Gasteiger partial charge in [-0.15, -0.1) is 0 Å². The molecule has 3 nitrogen and oxygen atoms in total. The molecule has 0 aromatic carbocycles. The molecule has 54 valence electrons. The summed E-state index contributed by atoms with van der Waals surface area (Å²) in [6, 6.07) is 0. The Hall–Kier alpha value is -0.120. The minimum Gasteiger partial charge on any atom is -0.394 e. The molecule has 0 aromatic heterocycles. The van der Waals surface area contributed by atoms with Crippen LogP contribution in [0, 0.1) is 0 Å². The quantitative estimate of drug-likeness (QED) is 0.510. The summed E-state index contributed by atoms with van der Waals surface area (Å²) in [5, 5.41) is 17.3. The summed E-state index contributed by atoms with van der Waals surface area (Å²) in [5.74, 6) is 0. The molecule has 0 radical (unpaired) electrons. The van der Waals surface area contributed by atoms with Crippen LogP contribution in [0.2, 0.25) is 0 Å². The van der Waals surface area contributed by atoms with Gasteiger partial charge in [0.05, 0.1) is 18.8 Å². The summed E-state index contributed by atoms with van der Waals surface area (Å²) in [6.07, 6.45) is 0.437. The van der Waals surface area contributed by atoms with Crippen LogP contribution in [0.1, 0.15) is 13.3 Å². The molecule has 0 aliphatic carbocycles. The molecule has 1 heterocycles. The molecule has 1 fully saturated rings. The van der Waals surface area contributed by atoms with E-state index >= 15 is 0 Å². The van der Waals surface area contributed by atoms with E-state index in [2.05, 4.69) is 0 Å². The fourth-order valence-corrected chi connectivity index (χ4v) is 0.883. The van der Waals surface area contributed by atoms with Crippen molar-refractivity contribution in [2.45, 2.75) is 31.7 Å². The maximum atomic E-state index is 8.81. The molecule has 1 saturated heterocycles. The van der Waals surface area contributed by atoms with E-state index < -0.39 is 0 Å². The SMILES string of the molecule is CC(O)CC1OC1CO. The first kappa shape index (κ1) is 6.99. The second-order valence-electron chi connectivity index (χ2n) is 2.48. The van der Waals surface area contributed by atoms with E-state index in [9.17, 15) is 0 Å². The average molecular weight is 132 g/mol. The number of aliphatic hydroxyl groups is 2. The van der Waals surface area contributed by atoms with Gasteiger partial charge in [0.1, 0.15) is 6.10 Å². The standard InChI is InChI=1S/C6H12O3/c1-4(8)2-5-6(3-7)9-5/h4-8H,2-3H2,1H3. The van der Waals surface area contributed by atoms with Gasteiger partial charge in [0.15, 0.2) is 0 Å². The highest BCUT2D eigenvalue weighted by Crippen LogP contribution is 2.25. The number of rotatable bonds is 3. The molecular weight excluding hydrogens is 120 g/mol. The van der Waals surface area contributed by atoms with Crippen molar-refractivity contribution in [1.82, 2.24) is 0 Å². The Morgan fingerprint density at radius 2 is 2.22 bits per heavy atom. The Morgan fingerprint density at radius 1 is 1.56 bits per heavy atom. The maximum Gasteiger partial charge on any atom is 0.107 e. The minimum absolute atomic E-state index is 0.000370. The molecule has 0 saturated carbocycles. The second kappa shape index (κ2) is 2.64. The highest BCUT2D eigenvalue weighted by molar-refractivity contribution is 4.84. The van der Waals surface area contributed by atoms with Crippen molar-refractivity contribution in [3.8, 4) is 0 Å². The summed E-state index contributed by atoms with van der Waals surface area (Å²) in [4.78, 5) is 0. The molecule has 2 N–H and O–H groups in total.